The van der Waals surface area contributed by atoms with E-state index in [2.05, 4.69) is 14.9 Å². The van der Waals surface area contributed by atoms with Crippen LogP contribution < -0.4 is 0 Å². The van der Waals surface area contributed by atoms with Gasteiger partial charge >= 0.3 is 0 Å². The van der Waals surface area contributed by atoms with Crippen molar-refractivity contribution in [1.82, 2.24) is 14.9 Å². The molecule has 1 N–H and O–H groups in total. The van der Waals surface area contributed by atoms with Crippen molar-refractivity contribution in [2.75, 3.05) is 19.7 Å². The number of aromatic amines is 1. The number of H-pyrrole nitrogens is 1. The molecule has 0 aromatic carbocycles. The SMILES string of the molecule is S=c1ncc2c([nH]1)CCN(CC1=COCCC1)C2. The molecule has 0 atom stereocenters. The third-order valence-corrected chi connectivity index (χ3v) is 3.70. The van der Waals surface area contributed by atoms with Crippen molar-refractivity contribution in [3.63, 3.8) is 0 Å². The second-order valence-electron chi connectivity index (χ2n) is 4.90. The van der Waals surface area contributed by atoms with E-state index in [0.717, 1.165) is 39.1 Å². The van der Waals surface area contributed by atoms with Crippen LogP contribution in [0.3, 0.4) is 0 Å². The third-order valence-electron chi connectivity index (χ3n) is 3.49. The first-order valence-corrected chi connectivity index (χ1v) is 6.81. The Morgan fingerprint density at radius 2 is 2.39 bits per heavy atom. The number of aromatic nitrogens is 2. The fraction of sp³-hybridized carbons (Fsp3) is 0.538. The Kier molecular flexibility index (Phi) is 3.43. The summed E-state index contributed by atoms with van der Waals surface area (Å²) >= 11 is 5.05. The van der Waals surface area contributed by atoms with Gasteiger partial charge in [0, 0.05) is 43.5 Å². The van der Waals surface area contributed by atoms with Crippen LogP contribution in [0.5, 0.6) is 0 Å². The summed E-state index contributed by atoms with van der Waals surface area (Å²) in [4.78, 5) is 9.80. The molecule has 3 rings (SSSR count). The molecule has 2 aliphatic rings. The summed E-state index contributed by atoms with van der Waals surface area (Å²) in [5, 5.41) is 0. The zero-order chi connectivity index (χ0) is 12.4. The van der Waals surface area contributed by atoms with Gasteiger partial charge in [-0.3, -0.25) is 4.90 Å². The molecular weight excluding hydrogens is 246 g/mol. The third kappa shape index (κ3) is 2.62. The molecule has 0 saturated carbocycles. The zero-order valence-electron chi connectivity index (χ0n) is 10.3. The van der Waals surface area contributed by atoms with Crippen molar-refractivity contribution in [1.29, 1.82) is 0 Å². The first-order chi connectivity index (χ1) is 8.81. The second-order valence-corrected chi connectivity index (χ2v) is 5.29. The van der Waals surface area contributed by atoms with Gasteiger partial charge in [-0.05, 0) is 30.6 Å². The number of ether oxygens (including phenoxy) is 1. The molecule has 0 unspecified atom stereocenters. The molecule has 1 aromatic rings. The maximum absolute atomic E-state index is 5.39. The fourth-order valence-electron chi connectivity index (χ4n) is 2.56. The van der Waals surface area contributed by atoms with Crippen molar-refractivity contribution in [3.8, 4) is 0 Å². The van der Waals surface area contributed by atoms with Crippen molar-refractivity contribution in [3.05, 3.63) is 34.1 Å². The highest BCUT2D eigenvalue weighted by molar-refractivity contribution is 7.71. The van der Waals surface area contributed by atoms with Gasteiger partial charge < -0.3 is 9.72 Å². The molecule has 4 nitrogen and oxygen atoms in total. The summed E-state index contributed by atoms with van der Waals surface area (Å²) in [5.41, 5.74) is 3.92. The van der Waals surface area contributed by atoms with E-state index >= 15 is 0 Å². The molecule has 0 amide bonds. The van der Waals surface area contributed by atoms with Gasteiger partial charge in [-0.1, -0.05) is 0 Å². The molecule has 5 heteroatoms. The summed E-state index contributed by atoms with van der Waals surface area (Å²) < 4.78 is 5.98. The quantitative estimate of drug-likeness (QED) is 0.831. The second kappa shape index (κ2) is 5.20. The Hall–Kier alpha value is -1.20. The predicted molar refractivity (Wildman–Crippen MR) is 71.7 cm³/mol. The number of hydrogen-bond acceptors (Lipinski definition) is 4. The van der Waals surface area contributed by atoms with Crippen LogP contribution in [0.25, 0.3) is 0 Å². The van der Waals surface area contributed by atoms with Crippen molar-refractivity contribution < 1.29 is 4.74 Å². The Labute approximate surface area is 112 Å². The van der Waals surface area contributed by atoms with Crippen molar-refractivity contribution >= 4 is 12.2 Å². The Morgan fingerprint density at radius 1 is 1.44 bits per heavy atom. The molecule has 3 heterocycles. The van der Waals surface area contributed by atoms with Gasteiger partial charge in [0.25, 0.3) is 0 Å². The van der Waals surface area contributed by atoms with Crippen LogP contribution in [0, 0.1) is 4.77 Å². The molecule has 18 heavy (non-hydrogen) atoms. The minimum atomic E-state index is 0.589. The molecule has 2 aliphatic heterocycles. The lowest BCUT2D eigenvalue weighted by atomic mass is 10.1. The van der Waals surface area contributed by atoms with E-state index < -0.39 is 0 Å². The summed E-state index contributed by atoms with van der Waals surface area (Å²) in [6.07, 6.45) is 7.18. The Bertz CT molecular complexity index is 523. The van der Waals surface area contributed by atoms with Gasteiger partial charge in [-0.15, -0.1) is 0 Å². The van der Waals surface area contributed by atoms with Gasteiger partial charge in [-0.2, -0.15) is 0 Å². The fourth-order valence-corrected chi connectivity index (χ4v) is 2.74. The summed E-state index contributed by atoms with van der Waals surface area (Å²) in [7, 11) is 0. The number of hydrogen-bond donors (Lipinski definition) is 1. The molecule has 96 valence electrons. The van der Waals surface area contributed by atoms with Gasteiger partial charge in [0.2, 0.25) is 0 Å². The van der Waals surface area contributed by atoms with Crippen LogP contribution in [-0.2, 0) is 17.7 Å². The van der Waals surface area contributed by atoms with E-state index in [1.165, 1.54) is 23.3 Å². The molecule has 1 aromatic heterocycles. The van der Waals surface area contributed by atoms with E-state index in [0.29, 0.717) is 4.77 Å². The molecule has 0 bridgehead atoms. The maximum Gasteiger partial charge on any atom is 0.196 e. The highest BCUT2D eigenvalue weighted by Crippen LogP contribution is 2.19. The molecule has 0 saturated heterocycles. The number of nitrogens with zero attached hydrogens (tertiary/aromatic N) is 2. The number of rotatable bonds is 2. The van der Waals surface area contributed by atoms with Gasteiger partial charge in [0.05, 0.1) is 12.9 Å². The van der Waals surface area contributed by atoms with E-state index in [1.807, 2.05) is 12.5 Å². The molecule has 0 fully saturated rings. The van der Waals surface area contributed by atoms with Gasteiger partial charge in [-0.25, -0.2) is 4.98 Å². The molecule has 0 radical (unpaired) electrons. The van der Waals surface area contributed by atoms with E-state index in [9.17, 15) is 0 Å². The summed E-state index contributed by atoms with van der Waals surface area (Å²) in [6, 6.07) is 0. The number of fused-ring (bicyclic) bond motifs is 1. The van der Waals surface area contributed by atoms with Crippen LogP contribution >= 0.6 is 12.2 Å². The number of nitrogens with one attached hydrogen (secondary N) is 1. The lowest BCUT2D eigenvalue weighted by molar-refractivity contribution is 0.208. The first-order valence-electron chi connectivity index (χ1n) is 6.40. The van der Waals surface area contributed by atoms with Crippen LogP contribution in [0.1, 0.15) is 24.1 Å². The smallest absolute Gasteiger partial charge is 0.196 e. The van der Waals surface area contributed by atoms with Crippen LogP contribution in [0.2, 0.25) is 0 Å². The first kappa shape index (κ1) is 11.9. The van der Waals surface area contributed by atoms with Crippen LogP contribution in [-0.4, -0.2) is 34.6 Å². The average Bonchev–Trinajstić information content (AvgIpc) is 2.40. The van der Waals surface area contributed by atoms with Crippen LogP contribution in [0.15, 0.2) is 18.0 Å². The molecule has 0 aliphatic carbocycles. The van der Waals surface area contributed by atoms with Crippen LogP contribution in [0.4, 0.5) is 0 Å². The minimum absolute atomic E-state index is 0.589. The maximum atomic E-state index is 5.39. The van der Waals surface area contributed by atoms with Crippen molar-refractivity contribution in [2.45, 2.75) is 25.8 Å². The standard InChI is InChI=1S/C13H17N3OS/c18-13-14-6-11-8-16(4-3-12(11)15-13)7-10-2-1-5-17-9-10/h6,9H,1-5,7-8H2,(H,14,15,18). The van der Waals surface area contributed by atoms with Gasteiger partial charge in [0.15, 0.2) is 4.77 Å². The highest BCUT2D eigenvalue weighted by Gasteiger charge is 2.18. The Balaban J connectivity index is 1.69. The normalized spacial score (nSPS) is 19.9. The zero-order valence-corrected chi connectivity index (χ0v) is 11.1. The molecular formula is C13H17N3OS. The topological polar surface area (TPSA) is 41.2 Å². The minimum Gasteiger partial charge on any atom is -0.501 e. The highest BCUT2D eigenvalue weighted by atomic mass is 32.1. The lowest BCUT2D eigenvalue weighted by Crippen LogP contribution is -2.33. The van der Waals surface area contributed by atoms with Crippen molar-refractivity contribution in [2.24, 2.45) is 0 Å². The largest absolute Gasteiger partial charge is 0.501 e. The van der Waals surface area contributed by atoms with E-state index in [1.54, 1.807) is 0 Å². The monoisotopic (exact) mass is 263 g/mol. The van der Waals surface area contributed by atoms with Gasteiger partial charge in [0.1, 0.15) is 0 Å². The predicted octanol–water partition coefficient (Wildman–Crippen LogP) is 2.19. The summed E-state index contributed by atoms with van der Waals surface area (Å²) in [5.74, 6) is 0. The van der Waals surface area contributed by atoms with E-state index in [-0.39, 0.29) is 0 Å². The molecule has 0 spiro atoms. The Morgan fingerprint density at radius 3 is 3.22 bits per heavy atom. The average molecular weight is 263 g/mol. The lowest BCUT2D eigenvalue weighted by Gasteiger charge is -2.29. The van der Waals surface area contributed by atoms with E-state index in [4.69, 9.17) is 17.0 Å². The summed E-state index contributed by atoms with van der Waals surface area (Å²) in [6.45, 7) is 3.90.